The van der Waals surface area contributed by atoms with Gasteiger partial charge in [0.15, 0.2) is 0 Å². The average molecular weight is 200 g/mol. The maximum atomic E-state index is 2.42. The van der Waals surface area contributed by atoms with E-state index in [1.165, 1.54) is 25.7 Å². The fraction of sp³-hybridized carbons (Fsp3) is 1.00. The van der Waals surface area contributed by atoms with Gasteiger partial charge in [-0.15, -0.1) is 0 Å². The molecule has 88 valence electrons. The van der Waals surface area contributed by atoms with Gasteiger partial charge in [0.1, 0.15) is 0 Å². The molecule has 1 saturated carbocycles. The lowest BCUT2D eigenvalue weighted by atomic mass is 9.74. The van der Waals surface area contributed by atoms with Gasteiger partial charge in [-0.05, 0) is 24.2 Å². The lowest BCUT2D eigenvalue weighted by Crippen LogP contribution is -2.20. The highest BCUT2D eigenvalue weighted by molar-refractivity contribution is 4.75. The fourth-order valence-corrected chi connectivity index (χ4v) is 1.94. The van der Waals surface area contributed by atoms with Crippen LogP contribution < -0.4 is 0 Å². The summed E-state index contributed by atoms with van der Waals surface area (Å²) < 4.78 is 0. The molecule has 0 aromatic rings. The Morgan fingerprint density at radius 1 is 0.929 bits per heavy atom. The Labute approximate surface area is 92.5 Å². The Kier molecular flexibility index (Phi) is 13.0. The molecule has 0 heterocycles. The molecule has 0 amide bonds. The summed E-state index contributed by atoms with van der Waals surface area (Å²) in [7, 11) is 0. The number of rotatable bonds is 3. The summed E-state index contributed by atoms with van der Waals surface area (Å²) in [5.41, 5.74) is 0. The number of hydrogen-bond acceptors (Lipinski definition) is 0. The third kappa shape index (κ3) is 7.41. The van der Waals surface area contributed by atoms with E-state index < -0.39 is 0 Å². The van der Waals surface area contributed by atoms with Crippen molar-refractivity contribution < 1.29 is 0 Å². The predicted molar refractivity (Wildman–Crippen MR) is 68.7 cm³/mol. The highest BCUT2D eigenvalue weighted by atomic mass is 14.3. The van der Waals surface area contributed by atoms with Crippen LogP contribution in [0.4, 0.5) is 0 Å². The average Bonchev–Trinajstić information content (AvgIpc) is 2.07. The minimum atomic E-state index is 0.899. The molecule has 1 aliphatic carbocycles. The second-order valence-corrected chi connectivity index (χ2v) is 4.30. The molecule has 1 atom stereocenters. The SMILES string of the molecule is CC.CC.CC(C)CC(C)C1CCC1. The van der Waals surface area contributed by atoms with Crippen molar-refractivity contribution in [3.63, 3.8) is 0 Å². The molecular weight excluding hydrogens is 168 g/mol. The molecule has 0 aliphatic heterocycles. The van der Waals surface area contributed by atoms with Gasteiger partial charge in [0.05, 0.1) is 0 Å². The van der Waals surface area contributed by atoms with Crippen molar-refractivity contribution in [2.75, 3.05) is 0 Å². The highest BCUT2D eigenvalue weighted by Crippen LogP contribution is 2.35. The molecule has 0 radical (unpaired) electrons. The highest BCUT2D eigenvalue weighted by Gasteiger charge is 2.23. The molecule has 0 heteroatoms. The van der Waals surface area contributed by atoms with Crippen LogP contribution in [0.15, 0.2) is 0 Å². The van der Waals surface area contributed by atoms with Crippen LogP contribution >= 0.6 is 0 Å². The Balaban J connectivity index is 0. The molecule has 1 rings (SSSR count). The smallest absolute Gasteiger partial charge is 0.0388 e. The Morgan fingerprint density at radius 2 is 1.36 bits per heavy atom. The quantitative estimate of drug-likeness (QED) is 0.562. The summed E-state index contributed by atoms with van der Waals surface area (Å²) in [5, 5.41) is 0. The molecule has 1 fully saturated rings. The minimum Gasteiger partial charge on any atom is -0.0683 e. The van der Waals surface area contributed by atoms with Crippen molar-refractivity contribution in [1.82, 2.24) is 0 Å². The van der Waals surface area contributed by atoms with Gasteiger partial charge in [-0.1, -0.05) is 67.7 Å². The Hall–Kier alpha value is 0. The second-order valence-electron chi connectivity index (χ2n) is 4.30. The van der Waals surface area contributed by atoms with Gasteiger partial charge in [0.25, 0.3) is 0 Å². The normalized spacial score (nSPS) is 17.1. The first kappa shape index (κ1) is 16.4. The first-order chi connectivity index (χ1) is 6.70. The standard InChI is InChI=1S/C10H20.2C2H6/c1-8(2)7-9(3)10-5-4-6-10;2*1-2/h8-10H,4-7H2,1-3H3;2*1-2H3. The minimum absolute atomic E-state index is 0.899. The van der Waals surface area contributed by atoms with Crippen LogP contribution in [-0.4, -0.2) is 0 Å². The summed E-state index contributed by atoms with van der Waals surface area (Å²) in [6, 6.07) is 0. The molecule has 0 spiro atoms. The third-order valence-corrected chi connectivity index (χ3v) is 2.80. The number of hydrogen-bond donors (Lipinski definition) is 0. The first-order valence-corrected chi connectivity index (χ1v) is 6.70. The molecule has 0 saturated heterocycles. The van der Waals surface area contributed by atoms with Crippen LogP contribution in [0.25, 0.3) is 0 Å². The molecule has 0 N–H and O–H groups in total. The zero-order chi connectivity index (χ0) is 11.6. The zero-order valence-corrected chi connectivity index (χ0v) is 11.6. The molecule has 0 bridgehead atoms. The van der Waals surface area contributed by atoms with Gasteiger partial charge in [-0.3, -0.25) is 0 Å². The third-order valence-electron chi connectivity index (χ3n) is 2.80. The Bertz CT molecular complexity index is 90.2. The van der Waals surface area contributed by atoms with E-state index in [9.17, 15) is 0 Å². The van der Waals surface area contributed by atoms with E-state index in [0.29, 0.717) is 0 Å². The Morgan fingerprint density at radius 3 is 1.57 bits per heavy atom. The first-order valence-electron chi connectivity index (χ1n) is 6.70. The van der Waals surface area contributed by atoms with E-state index in [0.717, 1.165) is 17.8 Å². The maximum absolute atomic E-state index is 2.42. The van der Waals surface area contributed by atoms with Crippen LogP contribution in [0.3, 0.4) is 0 Å². The predicted octanol–water partition coefficient (Wildman–Crippen LogP) is 5.52. The summed E-state index contributed by atoms with van der Waals surface area (Å²) in [6.07, 6.45) is 5.94. The fourth-order valence-electron chi connectivity index (χ4n) is 1.94. The van der Waals surface area contributed by atoms with Crippen LogP contribution in [0.5, 0.6) is 0 Å². The van der Waals surface area contributed by atoms with Crippen molar-refractivity contribution in [2.24, 2.45) is 17.8 Å². The lowest BCUT2D eigenvalue weighted by Gasteiger charge is -2.32. The molecule has 0 aromatic carbocycles. The topological polar surface area (TPSA) is 0 Å². The summed E-state index contributed by atoms with van der Waals surface area (Å²) in [6.45, 7) is 15.1. The van der Waals surface area contributed by atoms with Gasteiger partial charge in [0.2, 0.25) is 0 Å². The van der Waals surface area contributed by atoms with E-state index >= 15 is 0 Å². The van der Waals surface area contributed by atoms with Crippen LogP contribution in [0.1, 0.15) is 74.1 Å². The maximum Gasteiger partial charge on any atom is -0.0388 e. The molecule has 0 nitrogen and oxygen atoms in total. The van der Waals surface area contributed by atoms with Crippen LogP contribution in [0, 0.1) is 17.8 Å². The van der Waals surface area contributed by atoms with Crippen molar-refractivity contribution in [2.45, 2.75) is 74.1 Å². The molecule has 1 aliphatic rings. The van der Waals surface area contributed by atoms with E-state index in [-0.39, 0.29) is 0 Å². The molecular formula is C14H32. The second kappa shape index (κ2) is 11.1. The van der Waals surface area contributed by atoms with E-state index in [1.807, 2.05) is 27.7 Å². The summed E-state index contributed by atoms with van der Waals surface area (Å²) >= 11 is 0. The van der Waals surface area contributed by atoms with E-state index in [4.69, 9.17) is 0 Å². The van der Waals surface area contributed by atoms with Gasteiger partial charge in [0, 0.05) is 0 Å². The van der Waals surface area contributed by atoms with Gasteiger partial charge in [-0.25, -0.2) is 0 Å². The molecule has 1 unspecified atom stereocenters. The molecule has 0 aromatic heterocycles. The molecule has 14 heavy (non-hydrogen) atoms. The van der Waals surface area contributed by atoms with E-state index in [2.05, 4.69) is 20.8 Å². The van der Waals surface area contributed by atoms with Crippen molar-refractivity contribution in [1.29, 1.82) is 0 Å². The van der Waals surface area contributed by atoms with E-state index in [1.54, 1.807) is 0 Å². The van der Waals surface area contributed by atoms with Crippen molar-refractivity contribution >= 4 is 0 Å². The lowest BCUT2D eigenvalue weighted by molar-refractivity contribution is 0.195. The zero-order valence-electron chi connectivity index (χ0n) is 11.6. The van der Waals surface area contributed by atoms with Crippen LogP contribution in [0.2, 0.25) is 0 Å². The monoisotopic (exact) mass is 200 g/mol. The van der Waals surface area contributed by atoms with Gasteiger partial charge in [-0.2, -0.15) is 0 Å². The van der Waals surface area contributed by atoms with Crippen LogP contribution in [-0.2, 0) is 0 Å². The summed E-state index contributed by atoms with van der Waals surface area (Å²) in [4.78, 5) is 0. The summed E-state index contributed by atoms with van der Waals surface area (Å²) in [5.74, 6) is 2.98. The van der Waals surface area contributed by atoms with Gasteiger partial charge >= 0.3 is 0 Å². The largest absolute Gasteiger partial charge is 0.0683 e. The van der Waals surface area contributed by atoms with Gasteiger partial charge < -0.3 is 0 Å². The van der Waals surface area contributed by atoms with Crippen molar-refractivity contribution in [3.05, 3.63) is 0 Å². The van der Waals surface area contributed by atoms with Crippen molar-refractivity contribution in [3.8, 4) is 0 Å².